The van der Waals surface area contributed by atoms with Gasteiger partial charge in [0.15, 0.2) is 0 Å². The molecule has 5 heterocycles. The van der Waals surface area contributed by atoms with Gasteiger partial charge in [-0.25, -0.2) is 14.6 Å². The summed E-state index contributed by atoms with van der Waals surface area (Å²) in [4.78, 5) is 18.8. The molecule has 6 aromatic carbocycles. The molecular formula is C44H26N8. The molecule has 1 N–H and O–H groups in total. The Bertz CT molecular complexity index is 3210. The van der Waals surface area contributed by atoms with Crippen LogP contribution in [0.25, 0.3) is 105 Å². The van der Waals surface area contributed by atoms with Crippen molar-refractivity contribution < 1.29 is 0 Å². The average molecular weight is 667 g/mol. The van der Waals surface area contributed by atoms with Gasteiger partial charge >= 0.3 is 0 Å². The van der Waals surface area contributed by atoms with Gasteiger partial charge in [-0.15, -0.1) is 10.2 Å². The van der Waals surface area contributed by atoms with Gasteiger partial charge in [0, 0.05) is 38.0 Å². The third-order valence-electron chi connectivity index (χ3n) is 9.89. The van der Waals surface area contributed by atoms with E-state index in [-0.39, 0.29) is 0 Å². The second-order valence-electron chi connectivity index (χ2n) is 12.9. The van der Waals surface area contributed by atoms with Gasteiger partial charge in [-0.05, 0) is 54.6 Å². The molecule has 0 atom stereocenters. The molecule has 52 heavy (non-hydrogen) atoms. The quantitative estimate of drug-likeness (QED) is 0.188. The molecule has 0 unspecified atom stereocenters. The lowest BCUT2D eigenvalue weighted by molar-refractivity contribution is 0.897. The number of hydrogen-bond donors (Lipinski definition) is 1. The van der Waals surface area contributed by atoms with E-state index in [1.165, 1.54) is 0 Å². The minimum Gasteiger partial charge on any atom is -0.354 e. The minimum absolute atomic E-state index is 0.635. The first-order chi connectivity index (χ1) is 25.8. The highest BCUT2D eigenvalue weighted by molar-refractivity contribution is 6.13. The number of hydrogen-bond acceptors (Lipinski definition) is 6. The number of fused-ring (bicyclic) bond motifs is 7. The van der Waals surface area contributed by atoms with Gasteiger partial charge in [0.05, 0.1) is 61.9 Å². The highest BCUT2D eigenvalue weighted by atomic mass is 15.3. The van der Waals surface area contributed by atoms with Gasteiger partial charge in [0.2, 0.25) is 0 Å². The van der Waals surface area contributed by atoms with Crippen LogP contribution in [0.5, 0.6) is 0 Å². The maximum absolute atomic E-state index is 5.49. The fraction of sp³-hybridized carbons (Fsp3) is 0. The molecule has 0 bridgehead atoms. The number of para-hydroxylation sites is 5. The van der Waals surface area contributed by atoms with Crippen molar-refractivity contribution in [2.75, 3.05) is 0 Å². The van der Waals surface area contributed by atoms with Gasteiger partial charge in [-0.3, -0.25) is 4.98 Å². The van der Waals surface area contributed by atoms with E-state index in [0.29, 0.717) is 17.1 Å². The van der Waals surface area contributed by atoms with Crippen LogP contribution in [-0.4, -0.2) is 39.9 Å². The first kappa shape index (κ1) is 28.5. The Morgan fingerprint density at radius 2 is 1.21 bits per heavy atom. The molecule has 0 aliphatic carbocycles. The molecule has 0 saturated heterocycles. The number of H-pyrrole nitrogens is 1. The highest BCUT2D eigenvalue weighted by Crippen LogP contribution is 2.44. The number of nitrogens with one attached hydrogen (secondary N) is 1. The van der Waals surface area contributed by atoms with Gasteiger partial charge in [0.1, 0.15) is 11.4 Å². The maximum Gasteiger partial charge on any atom is 0.123 e. The van der Waals surface area contributed by atoms with Crippen LogP contribution in [0.2, 0.25) is 0 Å². The number of aromatic amines is 1. The lowest BCUT2D eigenvalue weighted by Gasteiger charge is -2.14. The average Bonchev–Trinajstić information content (AvgIpc) is 3.79. The predicted molar refractivity (Wildman–Crippen MR) is 208 cm³/mol. The van der Waals surface area contributed by atoms with Crippen molar-refractivity contribution in [2.45, 2.75) is 0 Å². The summed E-state index contributed by atoms with van der Waals surface area (Å²) in [7, 11) is 0. The van der Waals surface area contributed by atoms with Gasteiger partial charge in [0.25, 0.3) is 0 Å². The van der Waals surface area contributed by atoms with Crippen LogP contribution in [0, 0.1) is 0 Å². The van der Waals surface area contributed by atoms with E-state index in [4.69, 9.17) is 30.2 Å². The van der Waals surface area contributed by atoms with Crippen LogP contribution in [-0.2, 0) is 0 Å². The molecule has 0 spiro atoms. The normalized spacial score (nSPS) is 11.8. The van der Waals surface area contributed by atoms with Crippen LogP contribution in [0.4, 0.5) is 0 Å². The van der Waals surface area contributed by atoms with Crippen molar-refractivity contribution in [1.82, 2.24) is 39.9 Å². The molecule has 0 saturated carbocycles. The maximum atomic E-state index is 5.49. The fourth-order valence-corrected chi connectivity index (χ4v) is 7.48. The van der Waals surface area contributed by atoms with Gasteiger partial charge in [-0.2, -0.15) is 5.10 Å². The van der Waals surface area contributed by atoms with Crippen molar-refractivity contribution in [3.63, 3.8) is 0 Å². The third kappa shape index (κ3) is 4.34. The summed E-state index contributed by atoms with van der Waals surface area (Å²) in [5, 5.41) is 20.3. The number of pyridine rings is 1. The number of rotatable bonds is 4. The van der Waals surface area contributed by atoms with Crippen molar-refractivity contribution >= 4 is 65.5 Å². The fourth-order valence-electron chi connectivity index (χ4n) is 7.48. The van der Waals surface area contributed by atoms with Crippen LogP contribution < -0.4 is 0 Å². The highest BCUT2D eigenvalue weighted by Gasteiger charge is 2.28. The van der Waals surface area contributed by atoms with Crippen molar-refractivity contribution in [1.29, 1.82) is 0 Å². The molecule has 0 fully saturated rings. The predicted octanol–water partition coefficient (Wildman–Crippen LogP) is 10.1. The Morgan fingerprint density at radius 3 is 2.12 bits per heavy atom. The molecule has 0 amide bonds. The van der Waals surface area contributed by atoms with E-state index >= 15 is 0 Å². The monoisotopic (exact) mass is 666 g/mol. The summed E-state index contributed by atoms with van der Waals surface area (Å²) in [6.45, 7) is 0. The summed E-state index contributed by atoms with van der Waals surface area (Å²) in [6.07, 6.45) is 1.80. The van der Waals surface area contributed by atoms with E-state index in [0.717, 1.165) is 88.1 Å². The van der Waals surface area contributed by atoms with E-state index in [9.17, 15) is 0 Å². The summed E-state index contributed by atoms with van der Waals surface area (Å²) >= 11 is 0. The summed E-state index contributed by atoms with van der Waals surface area (Å²) < 4.78 is 2.04. The lowest BCUT2D eigenvalue weighted by atomic mass is 9.98. The summed E-state index contributed by atoms with van der Waals surface area (Å²) in [5.41, 5.74) is 11.8. The molecule has 8 heteroatoms. The number of nitrogens with zero attached hydrogens (tertiary/aromatic N) is 7. The zero-order chi connectivity index (χ0) is 34.2. The molecule has 8 nitrogen and oxygen atoms in total. The van der Waals surface area contributed by atoms with E-state index < -0.39 is 0 Å². The van der Waals surface area contributed by atoms with Crippen LogP contribution in [0.15, 0.2) is 152 Å². The third-order valence-corrected chi connectivity index (χ3v) is 9.89. The zero-order valence-corrected chi connectivity index (χ0v) is 27.6. The smallest absolute Gasteiger partial charge is 0.123 e. The van der Waals surface area contributed by atoms with Crippen LogP contribution in [0.1, 0.15) is 0 Å². The molecule has 11 aromatic rings. The van der Waals surface area contributed by atoms with Gasteiger partial charge in [-0.1, -0.05) is 91.0 Å². The molecule has 0 aliphatic rings. The summed E-state index contributed by atoms with van der Waals surface area (Å²) in [5.74, 6) is 0. The SMILES string of the molecule is c1ccc2nnc(-c3c(-c4cnc5ccccc5n4)nn(-c4cccc5nc6ccccc6cc45)c3-c3cccc4c3[nH]c3ccccc34)cc2c1. The minimum atomic E-state index is 0.635. The van der Waals surface area contributed by atoms with Gasteiger partial charge < -0.3 is 4.98 Å². The Balaban J connectivity index is 1.31. The number of benzene rings is 6. The first-order valence-corrected chi connectivity index (χ1v) is 17.1. The topological polar surface area (TPSA) is 98.1 Å². The van der Waals surface area contributed by atoms with Crippen molar-refractivity contribution in [2.24, 2.45) is 0 Å². The second kappa shape index (κ2) is 11.1. The van der Waals surface area contributed by atoms with E-state index in [1.807, 2.05) is 71.4 Å². The Morgan fingerprint density at radius 1 is 0.500 bits per heavy atom. The Hall–Kier alpha value is -7.32. The lowest BCUT2D eigenvalue weighted by Crippen LogP contribution is -2.02. The van der Waals surface area contributed by atoms with Crippen molar-refractivity contribution in [3.05, 3.63) is 152 Å². The zero-order valence-electron chi connectivity index (χ0n) is 27.6. The Kier molecular flexibility index (Phi) is 6.08. The molecule has 0 radical (unpaired) electrons. The van der Waals surface area contributed by atoms with E-state index in [2.05, 4.69) is 83.8 Å². The second-order valence-corrected chi connectivity index (χ2v) is 12.9. The molecule has 5 aromatic heterocycles. The van der Waals surface area contributed by atoms with Crippen molar-refractivity contribution in [3.8, 4) is 39.6 Å². The molecule has 11 rings (SSSR count). The molecule has 0 aliphatic heterocycles. The molecular weight excluding hydrogens is 641 g/mol. The van der Waals surface area contributed by atoms with E-state index in [1.54, 1.807) is 6.20 Å². The largest absolute Gasteiger partial charge is 0.354 e. The standard InChI is InChI=1S/C44H26N8/c1-4-16-32-26(11-1)23-31-35(46-32)21-10-22-40(31)52-44(30-15-9-14-29-28-13-3-6-18-34(28)48-42(29)30)41(38-24-27-12-2-5-17-33(27)49-50-38)43(51-52)39-25-45-36-19-7-8-20-37(36)47-39/h1-25,48H. The van der Waals surface area contributed by atoms with Crippen LogP contribution >= 0.6 is 0 Å². The molecule has 242 valence electrons. The van der Waals surface area contributed by atoms with Crippen LogP contribution in [0.3, 0.4) is 0 Å². The first-order valence-electron chi connectivity index (χ1n) is 17.1. The Labute approximate surface area is 296 Å². The summed E-state index contributed by atoms with van der Waals surface area (Å²) in [6, 6.07) is 49.5. The number of aromatic nitrogens is 8.